The monoisotopic (exact) mass is 228 g/mol. The van der Waals surface area contributed by atoms with Crippen molar-refractivity contribution in [3.05, 3.63) is 0 Å². The zero-order valence-corrected chi connectivity index (χ0v) is 10.2. The molecule has 1 heterocycles. The first-order valence-electron chi connectivity index (χ1n) is 6.34. The molecule has 0 spiro atoms. The smallest absolute Gasteiger partial charge is 0.320 e. The van der Waals surface area contributed by atoms with Crippen molar-refractivity contribution in [3.63, 3.8) is 0 Å². The molecular weight excluding hydrogens is 204 g/mol. The third kappa shape index (κ3) is 4.49. The summed E-state index contributed by atoms with van der Waals surface area (Å²) < 4.78 is 0. The van der Waals surface area contributed by atoms with E-state index in [0.717, 1.165) is 25.6 Å². The van der Waals surface area contributed by atoms with E-state index < -0.39 is 12.0 Å². The molecule has 0 aromatic heterocycles. The fourth-order valence-corrected chi connectivity index (χ4v) is 2.35. The Morgan fingerprint density at radius 3 is 2.62 bits per heavy atom. The van der Waals surface area contributed by atoms with E-state index in [4.69, 9.17) is 10.8 Å². The van der Waals surface area contributed by atoms with Crippen molar-refractivity contribution in [2.24, 2.45) is 11.7 Å². The van der Waals surface area contributed by atoms with Gasteiger partial charge in [0.1, 0.15) is 6.04 Å². The van der Waals surface area contributed by atoms with Crippen LogP contribution in [0.5, 0.6) is 0 Å². The highest BCUT2D eigenvalue weighted by Gasteiger charge is 2.19. The molecule has 1 rings (SSSR count). The van der Waals surface area contributed by atoms with Crippen LogP contribution in [0.3, 0.4) is 0 Å². The maximum atomic E-state index is 10.6. The Balaban J connectivity index is 2.14. The molecule has 0 aromatic rings. The Morgan fingerprint density at radius 2 is 2.12 bits per heavy atom. The molecule has 16 heavy (non-hydrogen) atoms. The summed E-state index contributed by atoms with van der Waals surface area (Å²) in [7, 11) is 0. The van der Waals surface area contributed by atoms with Gasteiger partial charge in [0.25, 0.3) is 0 Å². The molecule has 0 aromatic carbocycles. The van der Waals surface area contributed by atoms with Gasteiger partial charge in [0.2, 0.25) is 0 Å². The molecule has 0 radical (unpaired) electrons. The number of carbonyl (C=O) groups is 1. The summed E-state index contributed by atoms with van der Waals surface area (Å²) in [6.07, 6.45) is 5.69. The van der Waals surface area contributed by atoms with Gasteiger partial charge in [0.05, 0.1) is 0 Å². The van der Waals surface area contributed by atoms with Crippen molar-refractivity contribution in [1.29, 1.82) is 0 Å². The lowest BCUT2D eigenvalue weighted by atomic mass is 9.92. The van der Waals surface area contributed by atoms with Crippen molar-refractivity contribution in [3.8, 4) is 0 Å². The average molecular weight is 228 g/mol. The van der Waals surface area contributed by atoms with Crippen molar-refractivity contribution < 1.29 is 9.90 Å². The van der Waals surface area contributed by atoms with Crippen LogP contribution < -0.4 is 5.73 Å². The van der Waals surface area contributed by atoms with E-state index >= 15 is 0 Å². The number of carboxylic acid groups (broad SMARTS) is 1. The third-order valence-corrected chi connectivity index (χ3v) is 3.48. The molecule has 4 nitrogen and oxygen atoms in total. The van der Waals surface area contributed by atoms with Gasteiger partial charge in [-0.05, 0) is 38.3 Å². The van der Waals surface area contributed by atoms with Gasteiger partial charge in [0, 0.05) is 6.54 Å². The number of aliphatic carboxylic acids is 1. The lowest BCUT2D eigenvalue weighted by molar-refractivity contribution is -0.138. The second-order valence-electron chi connectivity index (χ2n) is 4.81. The molecule has 1 atom stereocenters. The number of likely N-dealkylation sites (tertiary alicyclic amines) is 1. The van der Waals surface area contributed by atoms with Crippen LogP contribution >= 0.6 is 0 Å². The van der Waals surface area contributed by atoms with Crippen LogP contribution in [0.1, 0.15) is 39.0 Å². The molecular formula is C12H24N2O2. The van der Waals surface area contributed by atoms with Gasteiger partial charge in [-0.25, -0.2) is 0 Å². The lowest BCUT2D eigenvalue weighted by Crippen LogP contribution is -2.39. The summed E-state index contributed by atoms with van der Waals surface area (Å²) >= 11 is 0. The second-order valence-corrected chi connectivity index (χ2v) is 4.81. The topological polar surface area (TPSA) is 66.6 Å². The highest BCUT2D eigenvalue weighted by Crippen LogP contribution is 2.21. The zero-order valence-electron chi connectivity index (χ0n) is 10.2. The maximum Gasteiger partial charge on any atom is 0.320 e. The SMILES string of the molecule is CCCC1CCN(CCC(N)C(=O)O)CC1. The van der Waals surface area contributed by atoms with Crippen LogP contribution in [0, 0.1) is 5.92 Å². The summed E-state index contributed by atoms with van der Waals surface area (Å²) in [6.45, 7) is 5.28. The van der Waals surface area contributed by atoms with Crippen molar-refractivity contribution in [2.75, 3.05) is 19.6 Å². The molecule has 94 valence electrons. The van der Waals surface area contributed by atoms with Crippen molar-refractivity contribution >= 4 is 5.97 Å². The number of carboxylic acids is 1. The van der Waals surface area contributed by atoms with E-state index in [1.165, 1.54) is 25.7 Å². The second kappa shape index (κ2) is 6.86. The molecule has 1 aliphatic rings. The first kappa shape index (κ1) is 13.5. The Morgan fingerprint density at radius 1 is 1.50 bits per heavy atom. The van der Waals surface area contributed by atoms with Gasteiger partial charge in [-0.2, -0.15) is 0 Å². The van der Waals surface area contributed by atoms with Crippen LogP contribution in [-0.4, -0.2) is 41.7 Å². The van der Waals surface area contributed by atoms with Crippen LogP contribution in [0.25, 0.3) is 0 Å². The molecule has 4 heteroatoms. The zero-order chi connectivity index (χ0) is 12.0. The van der Waals surface area contributed by atoms with Crippen LogP contribution in [-0.2, 0) is 4.79 Å². The number of rotatable bonds is 6. The number of hydrogen-bond acceptors (Lipinski definition) is 3. The quantitative estimate of drug-likeness (QED) is 0.719. The normalized spacial score (nSPS) is 20.9. The fraction of sp³-hybridized carbons (Fsp3) is 0.917. The van der Waals surface area contributed by atoms with Crippen molar-refractivity contribution in [2.45, 2.75) is 45.1 Å². The molecule has 0 aliphatic carbocycles. The molecule has 1 saturated heterocycles. The Hall–Kier alpha value is -0.610. The Labute approximate surface area is 97.8 Å². The summed E-state index contributed by atoms with van der Waals surface area (Å²) in [5, 5.41) is 8.68. The number of nitrogens with zero attached hydrogens (tertiary/aromatic N) is 1. The molecule has 3 N–H and O–H groups in total. The van der Waals surface area contributed by atoms with E-state index in [-0.39, 0.29) is 0 Å². The van der Waals surface area contributed by atoms with E-state index in [1.807, 2.05) is 0 Å². The number of piperidine rings is 1. The maximum absolute atomic E-state index is 10.6. The molecule has 1 aliphatic heterocycles. The van der Waals surface area contributed by atoms with Crippen molar-refractivity contribution in [1.82, 2.24) is 4.90 Å². The van der Waals surface area contributed by atoms with Crippen LogP contribution in [0.4, 0.5) is 0 Å². The summed E-state index contributed by atoms with van der Waals surface area (Å²) in [5.41, 5.74) is 5.48. The summed E-state index contributed by atoms with van der Waals surface area (Å²) in [5.74, 6) is -0.00438. The highest BCUT2D eigenvalue weighted by atomic mass is 16.4. The molecule has 1 unspecified atom stereocenters. The van der Waals surface area contributed by atoms with E-state index in [0.29, 0.717) is 6.42 Å². The lowest BCUT2D eigenvalue weighted by Gasteiger charge is -2.32. The van der Waals surface area contributed by atoms with Gasteiger partial charge < -0.3 is 15.7 Å². The van der Waals surface area contributed by atoms with Gasteiger partial charge >= 0.3 is 5.97 Å². The molecule has 0 amide bonds. The first-order chi connectivity index (χ1) is 7.63. The van der Waals surface area contributed by atoms with Gasteiger partial charge in [-0.3, -0.25) is 4.79 Å². The minimum atomic E-state index is -0.888. The highest BCUT2D eigenvalue weighted by molar-refractivity contribution is 5.72. The largest absolute Gasteiger partial charge is 0.480 e. The fourth-order valence-electron chi connectivity index (χ4n) is 2.35. The predicted octanol–water partition coefficient (Wildman–Crippen LogP) is 1.30. The number of hydrogen-bond donors (Lipinski definition) is 2. The van der Waals surface area contributed by atoms with Gasteiger partial charge in [0.15, 0.2) is 0 Å². The standard InChI is InChI=1S/C12H24N2O2/c1-2-3-10-4-7-14(8-5-10)9-6-11(13)12(15)16/h10-11H,2-9,13H2,1H3,(H,15,16). The summed E-state index contributed by atoms with van der Waals surface area (Å²) in [6, 6.07) is -0.701. The minimum absolute atomic E-state index is 0.563. The third-order valence-electron chi connectivity index (χ3n) is 3.48. The first-order valence-corrected chi connectivity index (χ1v) is 6.34. The van der Waals surface area contributed by atoms with E-state index in [1.54, 1.807) is 0 Å². The molecule has 1 fully saturated rings. The van der Waals surface area contributed by atoms with Gasteiger partial charge in [-0.1, -0.05) is 19.8 Å². The number of nitrogens with two attached hydrogens (primary N) is 1. The van der Waals surface area contributed by atoms with E-state index in [9.17, 15) is 4.79 Å². The summed E-state index contributed by atoms with van der Waals surface area (Å²) in [4.78, 5) is 12.9. The average Bonchev–Trinajstić information content (AvgIpc) is 2.28. The van der Waals surface area contributed by atoms with E-state index in [2.05, 4.69) is 11.8 Å². The van der Waals surface area contributed by atoms with Crippen LogP contribution in [0.2, 0.25) is 0 Å². The molecule has 0 saturated carbocycles. The molecule has 0 bridgehead atoms. The predicted molar refractivity (Wildman–Crippen MR) is 64.3 cm³/mol. The van der Waals surface area contributed by atoms with Crippen LogP contribution in [0.15, 0.2) is 0 Å². The van der Waals surface area contributed by atoms with Gasteiger partial charge in [-0.15, -0.1) is 0 Å². The Kier molecular flexibility index (Phi) is 5.77. The minimum Gasteiger partial charge on any atom is -0.480 e. The Bertz CT molecular complexity index is 213.